The number of carbonyl (C=O) groups is 4. The van der Waals surface area contributed by atoms with Gasteiger partial charge in [-0.3, -0.25) is 19.2 Å². The summed E-state index contributed by atoms with van der Waals surface area (Å²) in [6.45, 7) is 14.1. The number of ether oxygens (including phenoxy) is 3. The van der Waals surface area contributed by atoms with E-state index >= 15 is 4.79 Å². The van der Waals surface area contributed by atoms with Gasteiger partial charge < -0.3 is 39.3 Å². The van der Waals surface area contributed by atoms with Gasteiger partial charge >= 0.3 is 5.97 Å². The Morgan fingerprint density at radius 1 is 1.04 bits per heavy atom. The van der Waals surface area contributed by atoms with E-state index < -0.39 is 47.7 Å². The van der Waals surface area contributed by atoms with Crippen LogP contribution in [-0.2, 0) is 33.4 Å². The molecule has 12 nitrogen and oxygen atoms in total. The minimum Gasteiger partial charge on any atom is -0.455 e. The van der Waals surface area contributed by atoms with Crippen molar-refractivity contribution < 1.29 is 38.5 Å². The molecule has 2 N–H and O–H groups in total. The number of aliphatic hydroxyl groups is 1. The van der Waals surface area contributed by atoms with Crippen molar-refractivity contribution in [1.29, 1.82) is 0 Å². The Hall–Kier alpha value is -4.04. The molecule has 0 aromatic heterocycles. The van der Waals surface area contributed by atoms with Crippen LogP contribution in [0.3, 0.4) is 0 Å². The number of fused-ring (bicyclic) bond motifs is 1. The molecule has 310 valence electrons. The lowest BCUT2D eigenvalue weighted by Crippen LogP contribution is -2.57. The summed E-state index contributed by atoms with van der Waals surface area (Å²) in [6.07, 6.45) is 5.43. The Labute approximate surface area is 345 Å². The Morgan fingerprint density at radius 3 is 2.35 bits per heavy atom. The molecule has 2 aromatic rings. The highest BCUT2D eigenvalue weighted by Gasteiger charge is 2.77. The minimum absolute atomic E-state index is 0.0559. The van der Waals surface area contributed by atoms with Gasteiger partial charge in [0.15, 0.2) is 0 Å². The van der Waals surface area contributed by atoms with Gasteiger partial charge in [-0.15, -0.1) is 13.2 Å². The normalized spacial score (nSPS) is 24.4. The first-order chi connectivity index (χ1) is 27.6. The standard InChI is InChI=1S/C44H59BrN4O8/c1-6-10-20-35(51)46-34(29-55-5)38(30-18-14-13-15-19-30)56-43(54)36-37-41(52)49(26-16-11-12-17-27-50)40(44(37)28-33(45)39(36)57-44)42(53)48(25-7-2)32-23-21-31(22-24-32)47(8-3)9-4/h6-7,13-15,18-19,21-24,33-34,36-40,50H,1-2,8-12,16-17,20,25-29H2,3-5H3,(H,46,51)/t33?,34-,36+,37-,38-,39+,40+,44-/m0/s1. The first kappa shape index (κ1) is 44.1. The van der Waals surface area contributed by atoms with Gasteiger partial charge in [-0.1, -0.05) is 71.3 Å². The van der Waals surface area contributed by atoms with E-state index in [0.29, 0.717) is 36.9 Å². The number of halogens is 1. The van der Waals surface area contributed by atoms with E-state index in [2.05, 4.69) is 53.2 Å². The van der Waals surface area contributed by atoms with Gasteiger partial charge in [-0.2, -0.15) is 0 Å². The van der Waals surface area contributed by atoms with Gasteiger partial charge in [0, 0.05) is 62.5 Å². The molecule has 3 aliphatic rings. The van der Waals surface area contributed by atoms with Crippen LogP contribution in [0.15, 0.2) is 79.9 Å². The first-order valence-corrected chi connectivity index (χ1v) is 21.2. The van der Waals surface area contributed by atoms with Crippen LogP contribution in [0, 0.1) is 11.8 Å². The van der Waals surface area contributed by atoms with Crippen molar-refractivity contribution in [3.8, 4) is 0 Å². The van der Waals surface area contributed by atoms with Gasteiger partial charge in [0.05, 0.1) is 30.6 Å². The number of rotatable bonds is 23. The number of allylic oxidation sites excluding steroid dienone is 1. The number of benzene rings is 2. The van der Waals surface area contributed by atoms with Gasteiger partial charge in [0.25, 0.3) is 5.91 Å². The number of alkyl halides is 1. The molecule has 0 radical (unpaired) electrons. The number of aliphatic hydroxyl groups excluding tert-OH is 1. The molecular formula is C44H59BrN4O8. The number of anilines is 2. The summed E-state index contributed by atoms with van der Waals surface area (Å²) >= 11 is 3.79. The Bertz CT molecular complexity index is 1690. The van der Waals surface area contributed by atoms with Crippen LogP contribution in [0.1, 0.15) is 70.5 Å². The number of hydrogen-bond acceptors (Lipinski definition) is 9. The van der Waals surface area contributed by atoms with E-state index in [9.17, 15) is 19.5 Å². The number of carbonyl (C=O) groups excluding carboxylic acids is 4. The molecule has 3 amide bonds. The minimum atomic E-state index is -1.31. The van der Waals surface area contributed by atoms with Crippen molar-refractivity contribution in [2.24, 2.45) is 11.8 Å². The second-order valence-corrected chi connectivity index (χ2v) is 16.2. The summed E-state index contributed by atoms with van der Waals surface area (Å²) in [6, 6.07) is 15.2. The maximum Gasteiger partial charge on any atom is 0.313 e. The van der Waals surface area contributed by atoms with E-state index in [4.69, 9.17) is 14.2 Å². The number of likely N-dealkylation sites (tertiary alicyclic amines) is 1. The van der Waals surface area contributed by atoms with E-state index in [-0.39, 0.29) is 55.3 Å². The molecule has 3 aliphatic heterocycles. The molecule has 2 aromatic carbocycles. The lowest BCUT2D eigenvalue weighted by atomic mass is 9.70. The van der Waals surface area contributed by atoms with Crippen molar-refractivity contribution in [3.63, 3.8) is 0 Å². The average Bonchev–Trinajstić information content (AvgIpc) is 3.81. The van der Waals surface area contributed by atoms with Gasteiger partial charge in [0.1, 0.15) is 17.7 Å². The number of nitrogens with zero attached hydrogens (tertiary/aromatic N) is 3. The molecule has 2 bridgehead atoms. The van der Waals surface area contributed by atoms with Crippen LogP contribution in [0.2, 0.25) is 0 Å². The largest absolute Gasteiger partial charge is 0.455 e. The molecule has 0 saturated carbocycles. The number of unbranched alkanes of at least 4 members (excludes halogenated alkanes) is 3. The zero-order chi connectivity index (χ0) is 41.1. The Balaban J connectivity index is 1.51. The zero-order valence-electron chi connectivity index (χ0n) is 33.5. The van der Waals surface area contributed by atoms with Crippen LogP contribution in [-0.4, -0.2) is 109 Å². The first-order valence-electron chi connectivity index (χ1n) is 20.3. The molecule has 13 heteroatoms. The summed E-state index contributed by atoms with van der Waals surface area (Å²) in [5.41, 5.74) is 1.03. The predicted molar refractivity (Wildman–Crippen MR) is 224 cm³/mol. The zero-order valence-corrected chi connectivity index (χ0v) is 35.1. The van der Waals surface area contributed by atoms with Crippen molar-refractivity contribution in [2.75, 3.05) is 56.3 Å². The van der Waals surface area contributed by atoms with Gasteiger partial charge in [0.2, 0.25) is 11.8 Å². The van der Waals surface area contributed by atoms with E-state index in [1.807, 2.05) is 54.6 Å². The van der Waals surface area contributed by atoms with Crippen LogP contribution < -0.4 is 15.1 Å². The molecule has 3 saturated heterocycles. The van der Waals surface area contributed by atoms with Crippen molar-refractivity contribution in [2.45, 2.75) is 93.5 Å². The number of methoxy groups -OCH3 is 1. The highest BCUT2D eigenvalue weighted by atomic mass is 79.9. The number of esters is 1. The van der Waals surface area contributed by atoms with Crippen molar-refractivity contribution >= 4 is 51.0 Å². The van der Waals surface area contributed by atoms with Crippen molar-refractivity contribution in [1.82, 2.24) is 10.2 Å². The fraction of sp³-hybridized carbons (Fsp3) is 0.545. The maximum absolute atomic E-state index is 15.1. The average molecular weight is 852 g/mol. The third kappa shape index (κ3) is 9.48. The summed E-state index contributed by atoms with van der Waals surface area (Å²) in [5, 5.41) is 12.4. The van der Waals surface area contributed by atoms with Gasteiger partial charge in [-0.25, -0.2) is 0 Å². The monoisotopic (exact) mass is 850 g/mol. The molecule has 3 fully saturated rings. The SMILES string of the molecule is C=CCCC(=O)N[C@@H](COC)[C@@H](OC(=O)[C@H]1[C@@H]2O[C@@]3(CC2Br)[C@@H]1C(=O)N(CCCCCCO)[C@@H]3C(=O)N(CC=C)c1ccc(N(CC)CC)cc1)c1ccccc1. The number of amides is 3. The third-order valence-electron chi connectivity index (χ3n) is 11.5. The summed E-state index contributed by atoms with van der Waals surface area (Å²) in [5.74, 6) is -3.54. The number of nitrogens with one attached hydrogen (secondary N) is 1. The molecular weight excluding hydrogens is 792 g/mol. The summed E-state index contributed by atoms with van der Waals surface area (Å²) in [4.78, 5) is 62.9. The highest BCUT2D eigenvalue weighted by Crippen LogP contribution is 2.60. The third-order valence-corrected chi connectivity index (χ3v) is 12.3. The molecule has 57 heavy (non-hydrogen) atoms. The van der Waals surface area contributed by atoms with E-state index in [1.165, 1.54) is 7.11 Å². The van der Waals surface area contributed by atoms with Crippen LogP contribution in [0.5, 0.6) is 0 Å². The van der Waals surface area contributed by atoms with Crippen LogP contribution >= 0.6 is 15.9 Å². The quantitative estimate of drug-likeness (QED) is 0.0622. The lowest BCUT2D eigenvalue weighted by molar-refractivity contribution is -0.163. The lowest BCUT2D eigenvalue weighted by Gasteiger charge is -2.37. The van der Waals surface area contributed by atoms with Gasteiger partial charge in [-0.05, 0) is 69.4 Å². The molecule has 5 rings (SSSR count). The number of hydrogen-bond donors (Lipinski definition) is 2. The second kappa shape index (κ2) is 20.6. The summed E-state index contributed by atoms with van der Waals surface area (Å²) < 4.78 is 18.7. The molecule has 1 unspecified atom stereocenters. The molecule has 1 spiro atoms. The Kier molecular flexibility index (Phi) is 15.9. The predicted octanol–water partition coefficient (Wildman–Crippen LogP) is 5.73. The van der Waals surface area contributed by atoms with E-state index in [0.717, 1.165) is 31.6 Å². The summed E-state index contributed by atoms with van der Waals surface area (Å²) in [7, 11) is 1.51. The molecule has 0 aliphatic carbocycles. The van der Waals surface area contributed by atoms with Crippen LogP contribution in [0.4, 0.5) is 11.4 Å². The maximum atomic E-state index is 15.1. The fourth-order valence-corrected chi connectivity index (χ4v) is 9.77. The molecule has 8 atom stereocenters. The highest BCUT2D eigenvalue weighted by molar-refractivity contribution is 9.09. The fourth-order valence-electron chi connectivity index (χ4n) is 8.82. The van der Waals surface area contributed by atoms with Crippen molar-refractivity contribution in [3.05, 3.63) is 85.5 Å². The molecule has 3 heterocycles. The Morgan fingerprint density at radius 2 is 1.72 bits per heavy atom. The smallest absolute Gasteiger partial charge is 0.313 e. The van der Waals surface area contributed by atoms with E-state index in [1.54, 1.807) is 22.0 Å². The van der Waals surface area contributed by atoms with Crippen LogP contribution in [0.25, 0.3) is 0 Å². The topological polar surface area (TPSA) is 138 Å². The second-order valence-electron chi connectivity index (χ2n) is 15.0.